The van der Waals surface area contributed by atoms with Crippen LogP contribution in [0, 0.1) is 35.3 Å². The van der Waals surface area contributed by atoms with Crippen molar-refractivity contribution in [3.8, 4) is 11.1 Å². The Balaban J connectivity index is 1.37. The summed E-state index contributed by atoms with van der Waals surface area (Å²) in [7, 11) is 0. The maximum Gasteiger partial charge on any atom is 0.307 e. The molecular weight excluding hydrogens is 466 g/mol. The zero-order valence-electron chi connectivity index (χ0n) is 19.1. The summed E-state index contributed by atoms with van der Waals surface area (Å²) in [4.78, 5) is 24.3. The smallest absolute Gasteiger partial charge is 0.307 e. The first-order chi connectivity index (χ1) is 16.9. The number of rotatable bonds is 5. The van der Waals surface area contributed by atoms with Gasteiger partial charge in [0.05, 0.1) is 16.7 Å². The van der Waals surface area contributed by atoms with Crippen LogP contribution in [-0.4, -0.2) is 21.6 Å². The highest BCUT2D eigenvalue weighted by Gasteiger charge is 2.23. The zero-order chi connectivity index (χ0) is 24.7. The highest BCUT2D eigenvalue weighted by atomic mass is 32.1. The Labute approximate surface area is 204 Å². The lowest BCUT2D eigenvalue weighted by molar-refractivity contribution is -0.384. The van der Waals surface area contributed by atoms with Crippen LogP contribution in [0.3, 0.4) is 0 Å². The number of nitrogens with zero attached hydrogens (tertiary/aromatic N) is 4. The van der Waals surface area contributed by atoms with E-state index in [1.54, 1.807) is 17.6 Å². The Kier molecular flexibility index (Phi) is 5.70. The van der Waals surface area contributed by atoms with Gasteiger partial charge in [0, 0.05) is 39.3 Å². The minimum atomic E-state index is -0.563. The molecule has 1 amide bonds. The summed E-state index contributed by atoms with van der Waals surface area (Å²) in [5.74, 6) is -0.558. The second-order valence-corrected chi connectivity index (χ2v) is 9.54. The highest BCUT2D eigenvalue weighted by Crippen LogP contribution is 2.38. The number of furan rings is 1. The molecule has 1 aliphatic rings. The van der Waals surface area contributed by atoms with Crippen LogP contribution < -0.4 is 5.43 Å². The summed E-state index contributed by atoms with van der Waals surface area (Å²) >= 11 is 1.68. The third kappa shape index (κ3) is 4.00. The molecule has 176 valence electrons. The summed E-state index contributed by atoms with van der Waals surface area (Å²) in [6.07, 6.45) is 5.79. The van der Waals surface area contributed by atoms with Gasteiger partial charge in [0.25, 0.3) is 5.69 Å². The van der Waals surface area contributed by atoms with Crippen molar-refractivity contribution < 1.29 is 14.1 Å². The van der Waals surface area contributed by atoms with E-state index < -0.39 is 10.8 Å². The Bertz CT molecular complexity index is 1570. The summed E-state index contributed by atoms with van der Waals surface area (Å²) < 4.78 is 7.58. The quantitative estimate of drug-likeness (QED) is 0.231. The van der Waals surface area contributed by atoms with Crippen molar-refractivity contribution >= 4 is 40.1 Å². The van der Waals surface area contributed by atoms with E-state index in [1.807, 2.05) is 19.9 Å². The molecule has 0 saturated carbocycles. The van der Waals surface area contributed by atoms with E-state index in [0.29, 0.717) is 11.0 Å². The molecular formula is C25H21N5O4S. The Morgan fingerprint density at radius 2 is 2.09 bits per heavy atom. The molecule has 1 aliphatic carbocycles. The first-order valence-electron chi connectivity index (χ1n) is 11.1. The molecule has 0 spiro atoms. The molecule has 3 aromatic heterocycles. The van der Waals surface area contributed by atoms with E-state index in [0.717, 1.165) is 53.2 Å². The van der Waals surface area contributed by atoms with Gasteiger partial charge in [0.1, 0.15) is 16.7 Å². The Hall–Kier alpha value is -4.23. The zero-order valence-corrected chi connectivity index (χ0v) is 19.9. The number of nitriles is 1. The molecule has 3 heterocycles. The van der Waals surface area contributed by atoms with Gasteiger partial charge in [0.15, 0.2) is 5.76 Å². The molecule has 10 heteroatoms. The standard InChI is InChI=1S/C25H21N5O4S/c1-14-9-17(15(2)29(14)25-20(12-26)19-5-3-4-6-23(19)35-25)13-27-28-24(31)22-11-16-10-18(30(32)33)7-8-21(16)34-22/h7-11,13H,3-6H2,1-2H3,(H,28,31)/b27-13-. The maximum absolute atomic E-state index is 12.5. The number of carbonyl (C=O) groups excluding carboxylic acids is 1. The monoisotopic (exact) mass is 487 g/mol. The number of carbonyl (C=O) groups is 1. The van der Waals surface area contributed by atoms with Crippen molar-refractivity contribution in [1.82, 2.24) is 9.99 Å². The van der Waals surface area contributed by atoms with Crippen LogP contribution in [-0.2, 0) is 12.8 Å². The average Bonchev–Trinajstić information content (AvgIpc) is 3.51. The van der Waals surface area contributed by atoms with E-state index in [1.165, 1.54) is 34.7 Å². The van der Waals surface area contributed by atoms with Crippen molar-refractivity contribution in [2.75, 3.05) is 0 Å². The number of nitro benzene ring substituents is 1. The average molecular weight is 488 g/mol. The maximum atomic E-state index is 12.5. The predicted octanol–water partition coefficient (Wildman–Crippen LogP) is 5.32. The van der Waals surface area contributed by atoms with Crippen LogP contribution in [0.4, 0.5) is 5.69 Å². The third-order valence-electron chi connectivity index (χ3n) is 6.24. The number of nitrogens with one attached hydrogen (secondary N) is 1. The van der Waals surface area contributed by atoms with Gasteiger partial charge in [-0.15, -0.1) is 11.3 Å². The number of benzene rings is 1. The molecule has 1 aromatic carbocycles. The van der Waals surface area contributed by atoms with Crippen LogP contribution in [0.25, 0.3) is 16.0 Å². The predicted molar refractivity (Wildman–Crippen MR) is 132 cm³/mol. The topological polar surface area (TPSA) is 126 Å². The molecule has 1 N–H and O–H groups in total. The van der Waals surface area contributed by atoms with Gasteiger partial charge in [-0.3, -0.25) is 14.9 Å². The van der Waals surface area contributed by atoms with Gasteiger partial charge in [-0.2, -0.15) is 10.4 Å². The molecule has 0 fully saturated rings. The van der Waals surface area contributed by atoms with Gasteiger partial charge < -0.3 is 8.98 Å². The van der Waals surface area contributed by atoms with Gasteiger partial charge in [-0.25, -0.2) is 5.43 Å². The molecule has 0 bridgehead atoms. The first kappa shape index (κ1) is 22.6. The van der Waals surface area contributed by atoms with Gasteiger partial charge in [-0.1, -0.05) is 0 Å². The molecule has 5 rings (SSSR count). The van der Waals surface area contributed by atoms with E-state index in [9.17, 15) is 20.2 Å². The Morgan fingerprint density at radius 1 is 1.29 bits per heavy atom. The molecule has 4 aromatic rings. The number of non-ortho nitro benzene ring substituents is 1. The number of thiophene rings is 1. The lowest BCUT2D eigenvalue weighted by Crippen LogP contribution is -2.16. The van der Waals surface area contributed by atoms with Crippen LogP contribution in [0.2, 0.25) is 0 Å². The van der Waals surface area contributed by atoms with Crippen molar-refractivity contribution in [2.45, 2.75) is 39.5 Å². The number of nitro groups is 1. The fraction of sp³-hybridized carbons (Fsp3) is 0.240. The molecule has 0 aliphatic heterocycles. The van der Waals surface area contributed by atoms with E-state index in [-0.39, 0.29) is 11.4 Å². The molecule has 0 radical (unpaired) electrons. The number of hydrogen-bond donors (Lipinski definition) is 1. The largest absolute Gasteiger partial charge is 0.451 e. The molecule has 0 saturated heterocycles. The first-order valence-corrected chi connectivity index (χ1v) is 11.9. The van der Waals surface area contributed by atoms with Crippen LogP contribution in [0.15, 0.2) is 39.9 Å². The summed E-state index contributed by atoms with van der Waals surface area (Å²) in [5, 5.41) is 26.3. The minimum Gasteiger partial charge on any atom is -0.451 e. The van der Waals surface area contributed by atoms with Crippen molar-refractivity contribution in [3.05, 3.63) is 79.2 Å². The fourth-order valence-electron chi connectivity index (χ4n) is 4.53. The van der Waals surface area contributed by atoms with Crippen LogP contribution in [0.1, 0.15) is 56.4 Å². The number of hydrazone groups is 1. The number of hydrogen-bond acceptors (Lipinski definition) is 7. The number of aromatic nitrogens is 1. The summed E-state index contributed by atoms with van der Waals surface area (Å²) in [5.41, 5.74) is 7.40. The highest BCUT2D eigenvalue weighted by molar-refractivity contribution is 7.15. The second kappa shape index (κ2) is 8.85. The molecule has 0 unspecified atom stereocenters. The number of aryl methyl sites for hydroxylation is 2. The van der Waals surface area contributed by atoms with Crippen molar-refractivity contribution in [3.63, 3.8) is 0 Å². The van der Waals surface area contributed by atoms with Crippen LogP contribution in [0.5, 0.6) is 0 Å². The number of amides is 1. The van der Waals surface area contributed by atoms with Gasteiger partial charge in [-0.05, 0) is 63.3 Å². The minimum absolute atomic E-state index is 0.00551. The fourth-order valence-corrected chi connectivity index (χ4v) is 5.98. The molecule has 0 atom stereocenters. The summed E-state index contributed by atoms with van der Waals surface area (Å²) in [6, 6.07) is 9.96. The molecule has 9 nitrogen and oxygen atoms in total. The van der Waals surface area contributed by atoms with Gasteiger partial charge in [0.2, 0.25) is 0 Å². The lowest BCUT2D eigenvalue weighted by atomic mass is 9.96. The normalized spacial score (nSPS) is 13.2. The van der Waals surface area contributed by atoms with Crippen molar-refractivity contribution in [2.24, 2.45) is 5.10 Å². The van der Waals surface area contributed by atoms with Crippen molar-refractivity contribution in [1.29, 1.82) is 5.26 Å². The molecule has 35 heavy (non-hydrogen) atoms. The van der Waals surface area contributed by atoms with Gasteiger partial charge >= 0.3 is 5.91 Å². The lowest BCUT2D eigenvalue weighted by Gasteiger charge is -2.10. The third-order valence-corrected chi connectivity index (χ3v) is 7.52. The summed E-state index contributed by atoms with van der Waals surface area (Å²) in [6.45, 7) is 3.94. The van der Waals surface area contributed by atoms with E-state index in [4.69, 9.17) is 4.42 Å². The van der Waals surface area contributed by atoms with Crippen LogP contribution >= 0.6 is 11.3 Å². The SMILES string of the molecule is Cc1cc(/C=N\NC(=O)c2cc3cc([N+](=O)[O-])ccc3o2)c(C)n1-c1sc2c(c1C#N)CCCC2. The van der Waals surface area contributed by atoms with E-state index >= 15 is 0 Å². The Morgan fingerprint density at radius 3 is 2.86 bits per heavy atom. The second-order valence-electron chi connectivity index (χ2n) is 8.45. The number of fused-ring (bicyclic) bond motifs is 2. The van der Waals surface area contributed by atoms with E-state index in [2.05, 4.69) is 21.2 Å².